The molecule has 0 bridgehead atoms. The van der Waals surface area contributed by atoms with E-state index in [0.717, 1.165) is 36.0 Å². The van der Waals surface area contributed by atoms with Crippen molar-refractivity contribution in [2.75, 3.05) is 33.9 Å². The lowest BCUT2D eigenvalue weighted by Gasteiger charge is -2.13. The van der Waals surface area contributed by atoms with E-state index >= 15 is 0 Å². The molecule has 0 radical (unpaired) electrons. The van der Waals surface area contributed by atoms with Crippen LogP contribution in [-0.2, 0) is 17.7 Å². The van der Waals surface area contributed by atoms with Gasteiger partial charge in [0.25, 0.3) is 0 Å². The Kier molecular flexibility index (Phi) is 9.20. The molecule has 1 atom stereocenters. The van der Waals surface area contributed by atoms with Crippen LogP contribution in [0.4, 0.5) is 0 Å². The number of nitrogens with one attached hydrogen (secondary N) is 2. The molecule has 0 aliphatic carbocycles. The van der Waals surface area contributed by atoms with E-state index in [2.05, 4.69) is 28.6 Å². The van der Waals surface area contributed by atoms with Gasteiger partial charge in [-0.05, 0) is 26.0 Å². The van der Waals surface area contributed by atoms with Gasteiger partial charge in [-0.2, -0.15) is 0 Å². The minimum absolute atomic E-state index is 0. The number of ether oxygens (including phenoxy) is 3. The Morgan fingerprint density at radius 2 is 2.12 bits per heavy atom. The van der Waals surface area contributed by atoms with E-state index in [4.69, 9.17) is 14.2 Å². The van der Waals surface area contributed by atoms with Crippen molar-refractivity contribution in [1.82, 2.24) is 10.6 Å². The van der Waals surface area contributed by atoms with Crippen LogP contribution >= 0.6 is 24.0 Å². The summed E-state index contributed by atoms with van der Waals surface area (Å²) in [6, 6.07) is 4.11. The van der Waals surface area contributed by atoms with E-state index in [1.807, 2.05) is 13.0 Å². The monoisotopic (exact) mass is 449 g/mol. The number of benzene rings is 1. The summed E-state index contributed by atoms with van der Waals surface area (Å²) < 4.78 is 16.4. The third-order valence-electron chi connectivity index (χ3n) is 3.65. The number of hydrogen-bond acceptors (Lipinski definition) is 4. The fraction of sp³-hybridized carbons (Fsp3) is 0.588. The highest BCUT2D eigenvalue weighted by Gasteiger charge is 2.21. The molecule has 1 aliphatic rings. The second-order valence-electron chi connectivity index (χ2n) is 5.52. The highest BCUT2D eigenvalue weighted by Crippen LogP contribution is 2.35. The molecular weight excluding hydrogens is 421 g/mol. The maximum atomic E-state index is 5.83. The van der Waals surface area contributed by atoms with Crippen LogP contribution in [0.2, 0.25) is 0 Å². The van der Waals surface area contributed by atoms with Crippen molar-refractivity contribution in [1.29, 1.82) is 0 Å². The molecule has 0 aromatic heterocycles. The zero-order chi connectivity index (χ0) is 16.7. The maximum Gasteiger partial charge on any atom is 0.191 e. The first-order valence-corrected chi connectivity index (χ1v) is 8.05. The van der Waals surface area contributed by atoms with Crippen molar-refractivity contribution in [3.8, 4) is 11.5 Å². The lowest BCUT2D eigenvalue weighted by atomic mass is 10.1. The van der Waals surface area contributed by atoms with Gasteiger partial charge in [-0.15, -0.1) is 24.0 Å². The van der Waals surface area contributed by atoms with E-state index in [1.54, 1.807) is 14.2 Å². The third-order valence-corrected chi connectivity index (χ3v) is 3.65. The SMILES string of the molecule is CCNC(=NCc1cc2c(cc1OC)CC(C)O2)NCCOC.I. The predicted octanol–water partition coefficient (Wildman–Crippen LogP) is 2.34. The first-order chi connectivity index (χ1) is 11.2. The number of hydrogen-bond donors (Lipinski definition) is 2. The molecule has 1 unspecified atom stereocenters. The fourth-order valence-corrected chi connectivity index (χ4v) is 2.57. The van der Waals surface area contributed by atoms with Gasteiger partial charge in [-0.3, -0.25) is 0 Å². The Hall–Kier alpha value is -1.22. The van der Waals surface area contributed by atoms with Crippen LogP contribution in [0.25, 0.3) is 0 Å². The molecule has 2 N–H and O–H groups in total. The molecule has 1 heterocycles. The molecule has 0 amide bonds. The summed E-state index contributed by atoms with van der Waals surface area (Å²) in [6.45, 7) is 6.80. The minimum atomic E-state index is 0. The largest absolute Gasteiger partial charge is 0.496 e. The lowest BCUT2D eigenvalue weighted by Crippen LogP contribution is -2.38. The number of guanidine groups is 1. The molecule has 136 valence electrons. The van der Waals surface area contributed by atoms with Crippen molar-refractivity contribution in [3.05, 3.63) is 23.3 Å². The third kappa shape index (κ3) is 5.70. The van der Waals surface area contributed by atoms with Crippen molar-refractivity contribution < 1.29 is 14.2 Å². The number of nitrogens with zero attached hydrogens (tertiary/aromatic N) is 1. The highest BCUT2D eigenvalue weighted by atomic mass is 127. The number of aliphatic imine (C=N–C) groups is 1. The van der Waals surface area contributed by atoms with Gasteiger partial charge in [0.15, 0.2) is 5.96 Å². The average molecular weight is 449 g/mol. The molecule has 7 heteroatoms. The summed E-state index contributed by atoms with van der Waals surface area (Å²) in [6.07, 6.45) is 1.15. The van der Waals surface area contributed by atoms with Crippen molar-refractivity contribution >= 4 is 29.9 Å². The Morgan fingerprint density at radius 1 is 1.33 bits per heavy atom. The van der Waals surface area contributed by atoms with Gasteiger partial charge in [0, 0.05) is 37.7 Å². The summed E-state index contributed by atoms with van der Waals surface area (Å²) in [5, 5.41) is 6.45. The van der Waals surface area contributed by atoms with E-state index in [1.165, 1.54) is 5.56 Å². The number of rotatable bonds is 7. The van der Waals surface area contributed by atoms with E-state index in [9.17, 15) is 0 Å². The summed E-state index contributed by atoms with van der Waals surface area (Å²) >= 11 is 0. The zero-order valence-electron chi connectivity index (χ0n) is 14.8. The van der Waals surface area contributed by atoms with Crippen LogP contribution in [-0.4, -0.2) is 46.0 Å². The zero-order valence-corrected chi connectivity index (χ0v) is 17.2. The van der Waals surface area contributed by atoms with Crippen LogP contribution in [0.3, 0.4) is 0 Å². The van der Waals surface area contributed by atoms with Gasteiger partial charge in [0.05, 0.1) is 20.3 Å². The fourth-order valence-electron chi connectivity index (χ4n) is 2.57. The summed E-state index contributed by atoms with van der Waals surface area (Å²) in [5.74, 6) is 2.57. The van der Waals surface area contributed by atoms with Crippen LogP contribution < -0.4 is 20.1 Å². The average Bonchev–Trinajstić information content (AvgIpc) is 2.90. The minimum Gasteiger partial charge on any atom is -0.496 e. The molecule has 2 rings (SSSR count). The van der Waals surface area contributed by atoms with E-state index in [-0.39, 0.29) is 30.1 Å². The van der Waals surface area contributed by atoms with Crippen molar-refractivity contribution in [2.24, 2.45) is 4.99 Å². The second kappa shape index (κ2) is 10.6. The molecule has 6 nitrogen and oxygen atoms in total. The Labute approximate surface area is 161 Å². The highest BCUT2D eigenvalue weighted by molar-refractivity contribution is 14.0. The number of methoxy groups -OCH3 is 2. The standard InChI is InChI=1S/C17H27N3O3.HI/c1-5-18-17(19-6-7-21-3)20-11-14-10-16-13(8-12(2)23-16)9-15(14)22-4;/h9-10,12H,5-8,11H2,1-4H3,(H2,18,19,20);1H. The molecule has 24 heavy (non-hydrogen) atoms. The summed E-state index contributed by atoms with van der Waals surface area (Å²) in [4.78, 5) is 4.61. The van der Waals surface area contributed by atoms with Gasteiger partial charge in [-0.1, -0.05) is 0 Å². The van der Waals surface area contributed by atoms with Gasteiger partial charge in [0.1, 0.15) is 17.6 Å². The van der Waals surface area contributed by atoms with Crippen LogP contribution in [0.5, 0.6) is 11.5 Å². The Bertz CT molecular complexity index is 552. The molecule has 1 aromatic rings. The normalized spacial score (nSPS) is 16.0. The van der Waals surface area contributed by atoms with Gasteiger partial charge >= 0.3 is 0 Å². The molecule has 1 aliphatic heterocycles. The molecule has 0 saturated heterocycles. The first-order valence-electron chi connectivity index (χ1n) is 8.05. The molecular formula is C17H28IN3O3. The molecule has 0 saturated carbocycles. The molecule has 0 fully saturated rings. The Balaban J connectivity index is 0.00000288. The number of fused-ring (bicyclic) bond motifs is 1. The van der Waals surface area contributed by atoms with Gasteiger partial charge in [0.2, 0.25) is 0 Å². The predicted molar refractivity (Wildman–Crippen MR) is 107 cm³/mol. The quantitative estimate of drug-likeness (QED) is 0.290. The summed E-state index contributed by atoms with van der Waals surface area (Å²) in [7, 11) is 3.37. The van der Waals surface area contributed by atoms with Crippen LogP contribution in [0, 0.1) is 0 Å². The van der Waals surface area contributed by atoms with Gasteiger partial charge < -0.3 is 24.8 Å². The molecule has 1 aromatic carbocycles. The first kappa shape index (κ1) is 20.8. The van der Waals surface area contributed by atoms with Crippen molar-refractivity contribution in [2.45, 2.75) is 32.9 Å². The summed E-state index contributed by atoms with van der Waals surface area (Å²) in [5.41, 5.74) is 2.22. The maximum absolute atomic E-state index is 5.83. The van der Waals surface area contributed by atoms with Crippen LogP contribution in [0.15, 0.2) is 17.1 Å². The Morgan fingerprint density at radius 3 is 2.79 bits per heavy atom. The van der Waals surface area contributed by atoms with Gasteiger partial charge in [-0.25, -0.2) is 4.99 Å². The van der Waals surface area contributed by atoms with E-state index < -0.39 is 0 Å². The topological polar surface area (TPSA) is 64.1 Å². The van der Waals surface area contributed by atoms with E-state index in [0.29, 0.717) is 19.7 Å². The lowest BCUT2D eigenvalue weighted by molar-refractivity contribution is 0.203. The van der Waals surface area contributed by atoms with Crippen molar-refractivity contribution in [3.63, 3.8) is 0 Å². The smallest absolute Gasteiger partial charge is 0.191 e. The second-order valence-corrected chi connectivity index (χ2v) is 5.52. The van der Waals surface area contributed by atoms with Crippen LogP contribution in [0.1, 0.15) is 25.0 Å². The number of halogens is 1. The molecule has 0 spiro atoms.